The van der Waals surface area contributed by atoms with Crippen molar-refractivity contribution in [1.82, 2.24) is 19.9 Å². The highest BCUT2D eigenvalue weighted by Gasteiger charge is 2.30. The van der Waals surface area contributed by atoms with Crippen LogP contribution in [-0.2, 0) is 14.3 Å². The molecule has 11 heteroatoms. The predicted molar refractivity (Wildman–Crippen MR) is 102 cm³/mol. The molecule has 30 heavy (non-hydrogen) atoms. The fourth-order valence-corrected chi connectivity index (χ4v) is 2.89. The third kappa shape index (κ3) is 4.33. The lowest BCUT2D eigenvalue weighted by Gasteiger charge is -2.17. The number of hydrogen-bond acceptors (Lipinski definition) is 8. The molecule has 0 spiro atoms. The molecule has 0 unspecified atom stereocenters. The molecular weight excluding hydrogens is 393 g/mol. The highest BCUT2D eigenvalue weighted by atomic mass is 19.1. The Morgan fingerprint density at radius 3 is 2.73 bits per heavy atom. The predicted octanol–water partition coefficient (Wildman–Crippen LogP) is 1.28. The fourth-order valence-electron chi connectivity index (χ4n) is 2.89. The van der Waals surface area contributed by atoms with Gasteiger partial charge in [0, 0.05) is 24.2 Å². The number of aromatic nitrogens is 3. The summed E-state index contributed by atoms with van der Waals surface area (Å²) in [6.07, 6.45) is 6.17. The van der Waals surface area contributed by atoms with E-state index in [0.717, 1.165) is 17.7 Å². The molecule has 2 aromatic heterocycles. The van der Waals surface area contributed by atoms with E-state index in [-0.39, 0.29) is 37.2 Å². The second kappa shape index (κ2) is 8.38. The minimum Gasteiger partial charge on any atom is -0.374 e. The van der Waals surface area contributed by atoms with E-state index >= 15 is 0 Å². The van der Waals surface area contributed by atoms with Crippen LogP contribution < -0.4 is 10.6 Å². The molecule has 1 saturated carbocycles. The Kier molecular flexibility index (Phi) is 5.49. The number of carbonyl (C=O) groups is 2. The van der Waals surface area contributed by atoms with Crippen molar-refractivity contribution in [2.75, 3.05) is 30.3 Å². The van der Waals surface area contributed by atoms with Crippen LogP contribution >= 0.6 is 0 Å². The standard InChI is InChI=1S/C19H18FN7O3/c20-19-27(3-4-30-19)17(28)10-24-13-5-12(7-22-14(13)6-21)15-8-25-16(9-23-15)26-18(29)11-1-2-11/h5,7-9,11,19,24H,1-4,10H2,(H,25,26,29)/t19-/m1/s1. The van der Waals surface area contributed by atoms with Crippen LogP contribution in [0.4, 0.5) is 15.9 Å². The topological polar surface area (TPSA) is 133 Å². The van der Waals surface area contributed by atoms with Crippen molar-refractivity contribution >= 4 is 23.3 Å². The fraction of sp³-hybridized carbons (Fsp3) is 0.368. The maximum absolute atomic E-state index is 13.5. The molecule has 2 aliphatic rings. The summed E-state index contributed by atoms with van der Waals surface area (Å²) in [5.41, 5.74) is 1.43. The molecule has 2 fully saturated rings. The summed E-state index contributed by atoms with van der Waals surface area (Å²) in [4.78, 5) is 37.5. The number of nitriles is 1. The highest BCUT2D eigenvalue weighted by molar-refractivity contribution is 5.93. The first-order chi connectivity index (χ1) is 14.5. The maximum Gasteiger partial charge on any atom is 0.281 e. The van der Waals surface area contributed by atoms with Crippen LogP contribution in [0.3, 0.4) is 0 Å². The number of ether oxygens (including phenoxy) is 1. The van der Waals surface area contributed by atoms with Crippen LogP contribution in [-0.4, -0.2) is 57.8 Å². The molecule has 1 saturated heterocycles. The van der Waals surface area contributed by atoms with Gasteiger partial charge in [0.2, 0.25) is 11.8 Å². The quantitative estimate of drug-likeness (QED) is 0.679. The second-order valence-corrected chi connectivity index (χ2v) is 6.89. The second-order valence-electron chi connectivity index (χ2n) is 6.89. The van der Waals surface area contributed by atoms with E-state index in [4.69, 9.17) is 4.74 Å². The van der Waals surface area contributed by atoms with Crippen molar-refractivity contribution in [3.8, 4) is 17.3 Å². The van der Waals surface area contributed by atoms with Crippen LogP contribution in [0.1, 0.15) is 18.5 Å². The van der Waals surface area contributed by atoms with Crippen LogP contribution in [0.15, 0.2) is 24.7 Å². The molecule has 0 radical (unpaired) electrons. The number of nitrogens with zero attached hydrogens (tertiary/aromatic N) is 5. The third-order valence-corrected chi connectivity index (χ3v) is 4.72. The largest absolute Gasteiger partial charge is 0.374 e. The number of nitrogens with one attached hydrogen (secondary N) is 2. The lowest BCUT2D eigenvalue weighted by molar-refractivity contribution is -0.143. The van der Waals surface area contributed by atoms with Gasteiger partial charge in [-0.1, -0.05) is 0 Å². The Labute approximate surface area is 171 Å². The monoisotopic (exact) mass is 411 g/mol. The van der Waals surface area contributed by atoms with Gasteiger partial charge in [0.15, 0.2) is 11.5 Å². The number of pyridine rings is 1. The van der Waals surface area contributed by atoms with E-state index in [1.54, 1.807) is 6.07 Å². The minimum atomic E-state index is -1.76. The molecule has 3 heterocycles. The summed E-state index contributed by atoms with van der Waals surface area (Å²) in [6, 6.07) is 3.55. The zero-order valence-electron chi connectivity index (χ0n) is 15.8. The Bertz CT molecular complexity index is 1000. The summed E-state index contributed by atoms with van der Waals surface area (Å²) >= 11 is 0. The molecule has 2 amide bonds. The molecule has 1 atom stereocenters. The first-order valence-corrected chi connectivity index (χ1v) is 9.37. The average Bonchev–Trinajstić information content (AvgIpc) is 3.53. The number of amides is 2. The van der Waals surface area contributed by atoms with Crippen LogP contribution in [0.5, 0.6) is 0 Å². The Hall–Kier alpha value is -3.65. The Morgan fingerprint density at radius 1 is 1.27 bits per heavy atom. The van der Waals surface area contributed by atoms with Crippen molar-refractivity contribution in [1.29, 1.82) is 5.26 Å². The van der Waals surface area contributed by atoms with Gasteiger partial charge in [-0.2, -0.15) is 9.65 Å². The third-order valence-electron chi connectivity index (χ3n) is 4.72. The number of carbonyl (C=O) groups excluding carboxylic acids is 2. The molecule has 1 aliphatic carbocycles. The van der Waals surface area contributed by atoms with Crippen molar-refractivity contribution in [2.24, 2.45) is 5.92 Å². The van der Waals surface area contributed by atoms with Crippen molar-refractivity contribution in [3.05, 3.63) is 30.4 Å². The van der Waals surface area contributed by atoms with E-state index < -0.39 is 12.4 Å². The first kappa shape index (κ1) is 19.7. The zero-order chi connectivity index (χ0) is 21.1. The van der Waals surface area contributed by atoms with Gasteiger partial charge < -0.3 is 15.4 Å². The van der Waals surface area contributed by atoms with Gasteiger partial charge in [0.05, 0.1) is 36.9 Å². The molecule has 2 N–H and O–H groups in total. The number of alkyl halides is 1. The maximum atomic E-state index is 13.5. The summed E-state index contributed by atoms with van der Waals surface area (Å²) in [5.74, 6) is -0.142. The van der Waals surface area contributed by atoms with Crippen molar-refractivity contribution < 1.29 is 18.7 Å². The normalized spacial score (nSPS) is 18.0. The number of hydrogen-bond donors (Lipinski definition) is 2. The van der Waals surface area contributed by atoms with Gasteiger partial charge in [-0.15, -0.1) is 0 Å². The summed E-state index contributed by atoms with van der Waals surface area (Å²) in [7, 11) is 0. The number of halogens is 1. The van der Waals surface area contributed by atoms with E-state index in [1.165, 1.54) is 18.6 Å². The highest BCUT2D eigenvalue weighted by Crippen LogP contribution is 2.30. The van der Waals surface area contributed by atoms with Crippen LogP contribution in [0.2, 0.25) is 0 Å². The van der Waals surface area contributed by atoms with E-state index in [0.29, 0.717) is 22.8 Å². The van der Waals surface area contributed by atoms with Gasteiger partial charge in [-0.25, -0.2) is 9.97 Å². The number of anilines is 2. The smallest absolute Gasteiger partial charge is 0.281 e. The van der Waals surface area contributed by atoms with E-state index in [1.807, 2.05) is 6.07 Å². The lowest BCUT2D eigenvalue weighted by atomic mass is 10.1. The molecule has 1 aliphatic heterocycles. The van der Waals surface area contributed by atoms with Crippen molar-refractivity contribution in [2.45, 2.75) is 19.3 Å². The Balaban J connectivity index is 1.46. The van der Waals surface area contributed by atoms with Crippen LogP contribution in [0, 0.1) is 17.2 Å². The SMILES string of the molecule is N#Cc1ncc(-c2cnc(NC(=O)C3CC3)cn2)cc1NCC(=O)N1CCO[C@@H]1F. The van der Waals surface area contributed by atoms with Gasteiger partial charge in [-0.05, 0) is 18.9 Å². The average molecular weight is 411 g/mol. The van der Waals surface area contributed by atoms with Crippen LogP contribution in [0.25, 0.3) is 11.3 Å². The number of rotatable bonds is 6. The summed E-state index contributed by atoms with van der Waals surface area (Å²) < 4.78 is 18.2. The van der Waals surface area contributed by atoms with Gasteiger partial charge in [0.25, 0.3) is 6.48 Å². The minimum absolute atomic E-state index is 0.0605. The molecule has 0 aromatic carbocycles. The molecular formula is C19H18FN7O3. The zero-order valence-corrected chi connectivity index (χ0v) is 15.8. The van der Waals surface area contributed by atoms with Gasteiger partial charge in [0.1, 0.15) is 6.07 Å². The van der Waals surface area contributed by atoms with Gasteiger partial charge in [-0.3, -0.25) is 19.5 Å². The molecule has 154 valence electrons. The molecule has 10 nitrogen and oxygen atoms in total. The molecule has 2 aromatic rings. The summed E-state index contributed by atoms with van der Waals surface area (Å²) in [6.45, 7) is -1.66. The molecule has 0 bridgehead atoms. The summed E-state index contributed by atoms with van der Waals surface area (Å²) in [5, 5.41) is 14.8. The van der Waals surface area contributed by atoms with Gasteiger partial charge >= 0.3 is 0 Å². The lowest BCUT2D eigenvalue weighted by Crippen LogP contribution is -2.37. The molecule has 4 rings (SSSR count). The van der Waals surface area contributed by atoms with Crippen molar-refractivity contribution in [3.63, 3.8) is 0 Å². The first-order valence-electron chi connectivity index (χ1n) is 9.37. The van der Waals surface area contributed by atoms with E-state index in [2.05, 4.69) is 25.6 Å². The van der Waals surface area contributed by atoms with E-state index in [9.17, 15) is 19.2 Å². The Morgan fingerprint density at radius 2 is 2.10 bits per heavy atom.